The molecule has 0 radical (unpaired) electrons. The van der Waals surface area contributed by atoms with Crippen LogP contribution in [-0.4, -0.2) is 33.0 Å². The molecule has 0 saturated carbocycles. The third-order valence-corrected chi connectivity index (χ3v) is 6.62. The second-order valence-electron chi connectivity index (χ2n) is 6.48. The van der Waals surface area contributed by atoms with E-state index in [1.54, 1.807) is 74.0 Å². The van der Waals surface area contributed by atoms with Crippen LogP contribution in [0.15, 0.2) is 90.1 Å². The van der Waals surface area contributed by atoms with Crippen LogP contribution in [-0.2, 0) is 14.6 Å². The molecule has 0 saturated heterocycles. The minimum Gasteiger partial charge on any atom is -0.497 e. The number of carbonyl (C=O) groups excluding carboxylic acids is 1. The van der Waals surface area contributed by atoms with Gasteiger partial charge in [0, 0.05) is 25.0 Å². The first-order valence-corrected chi connectivity index (χ1v) is 10.8. The Bertz CT molecular complexity index is 1100. The van der Waals surface area contributed by atoms with Crippen molar-refractivity contribution in [1.82, 2.24) is 10.3 Å². The summed E-state index contributed by atoms with van der Waals surface area (Å²) in [5.41, 5.74) is 1.34. The number of hydrogen-bond acceptors (Lipinski definition) is 5. The van der Waals surface area contributed by atoms with Gasteiger partial charge in [-0.3, -0.25) is 9.78 Å². The number of carbonyl (C=O) groups is 1. The van der Waals surface area contributed by atoms with Gasteiger partial charge in [0.05, 0.1) is 12.0 Å². The number of aromatic nitrogens is 1. The van der Waals surface area contributed by atoms with Crippen molar-refractivity contribution in [1.29, 1.82) is 0 Å². The third-order valence-electron chi connectivity index (χ3n) is 4.51. The summed E-state index contributed by atoms with van der Waals surface area (Å²) in [7, 11) is -2.13. The summed E-state index contributed by atoms with van der Waals surface area (Å²) < 4.78 is 31.5. The maximum Gasteiger partial charge on any atom is 0.244 e. The predicted octanol–water partition coefficient (Wildman–Crippen LogP) is 3.43. The fraction of sp³-hybridized carbons (Fsp3) is 0.130. The van der Waals surface area contributed by atoms with Gasteiger partial charge in [-0.2, -0.15) is 0 Å². The Hall–Kier alpha value is -3.45. The minimum absolute atomic E-state index is 0.0747. The van der Waals surface area contributed by atoms with E-state index in [4.69, 9.17) is 4.74 Å². The van der Waals surface area contributed by atoms with E-state index in [1.165, 1.54) is 12.3 Å². The number of hydrogen-bond donors (Lipinski definition) is 1. The van der Waals surface area contributed by atoms with Crippen LogP contribution in [0, 0.1) is 0 Å². The Kier molecular flexibility index (Phi) is 6.98. The van der Waals surface area contributed by atoms with Crippen molar-refractivity contribution in [2.24, 2.45) is 0 Å². The molecule has 0 aliphatic rings. The third kappa shape index (κ3) is 5.33. The van der Waals surface area contributed by atoms with Gasteiger partial charge in [-0.15, -0.1) is 0 Å². The van der Waals surface area contributed by atoms with Crippen molar-refractivity contribution in [3.8, 4) is 5.75 Å². The molecule has 1 heterocycles. The second kappa shape index (κ2) is 9.84. The van der Waals surface area contributed by atoms with E-state index < -0.39 is 15.1 Å². The number of ether oxygens (including phenoxy) is 1. The molecule has 154 valence electrons. The van der Waals surface area contributed by atoms with E-state index in [1.807, 2.05) is 12.1 Å². The fourth-order valence-corrected chi connectivity index (χ4v) is 4.55. The monoisotopic (exact) mass is 422 g/mol. The van der Waals surface area contributed by atoms with Crippen LogP contribution >= 0.6 is 0 Å². The van der Waals surface area contributed by atoms with Crippen molar-refractivity contribution in [2.75, 3.05) is 13.7 Å². The van der Waals surface area contributed by atoms with Gasteiger partial charge in [0.15, 0.2) is 9.84 Å². The highest BCUT2D eigenvalue weighted by Gasteiger charge is 2.29. The number of sulfone groups is 1. The largest absolute Gasteiger partial charge is 0.497 e. The summed E-state index contributed by atoms with van der Waals surface area (Å²) in [5, 5.41) is 1.74. The lowest BCUT2D eigenvalue weighted by molar-refractivity contribution is -0.116. The Morgan fingerprint density at radius 2 is 1.80 bits per heavy atom. The Balaban J connectivity index is 1.75. The first-order valence-electron chi connectivity index (χ1n) is 9.29. The van der Waals surface area contributed by atoms with Crippen LogP contribution < -0.4 is 10.1 Å². The molecule has 3 aromatic rings. The highest BCUT2D eigenvalue weighted by atomic mass is 32.2. The van der Waals surface area contributed by atoms with Crippen LogP contribution in [0.2, 0.25) is 0 Å². The summed E-state index contributed by atoms with van der Waals surface area (Å²) in [6, 6.07) is 18.8. The molecule has 1 unspecified atom stereocenters. The molecule has 1 amide bonds. The van der Waals surface area contributed by atoms with Crippen LogP contribution in [0.1, 0.15) is 16.4 Å². The van der Waals surface area contributed by atoms with Crippen molar-refractivity contribution in [3.63, 3.8) is 0 Å². The lowest BCUT2D eigenvalue weighted by Gasteiger charge is -2.18. The average Bonchev–Trinajstić information content (AvgIpc) is 2.79. The highest BCUT2D eigenvalue weighted by molar-refractivity contribution is 7.91. The smallest absolute Gasteiger partial charge is 0.244 e. The van der Waals surface area contributed by atoms with Gasteiger partial charge >= 0.3 is 0 Å². The van der Waals surface area contributed by atoms with Gasteiger partial charge in [-0.1, -0.05) is 36.4 Å². The zero-order valence-electron chi connectivity index (χ0n) is 16.4. The SMILES string of the molecule is COc1ccc(/C=C/C(=O)NCC(c2cccnc2)S(=O)(=O)c2ccccc2)cc1. The van der Waals surface area contributed by atoms with Gasteiger partial charge in [0.1, 0.15) is 11.0 Å². The standard InChI is InChI=1S/C23H22N2O4S/c1-29-20-12-9-18(10-13-20)11-14-23(26)25-17-22(19-6-5-15-24-16-19)30(27,28)21-7-3-2-4-8-21/h2-16,22H,17H2,1H3,(H,25,26)/b14-11+. The lowest BCUT2D eigenvalue weighted by Crippen LogP contribution is -2.31. The molecule has 1 N–H and O–H groups in total. The first kappa shape index (κ1) is 21.3. The summed E-state index contributed by atoms with van der Waals surface area (Å²) in [6.07, 6.45) is 6.10. The maximum absolute atomic E-state index is 13.2. The summed E-state index contributed by atoms with van der Waals surface area (Å²) >= 11 is 0. The zero-order chi connectivity index (χ0) is 21.4. The van der Waals surface area contributed by atoms with Gasteiger partial charge in [0.2, 0.25) is 5.91 Å². The quantitative estimate of drug-likeness (QED) is 0.562. The van der Waals surface area contributed by atoms with E-state index in [9.17, 15) is 13.2 Å². The molecule has 1 aromatic heterocycles. The maximum atomic E-state index is 13.2. The topological polar surface area (TPSA) is 85.4 Å². The predicted molar refractivity (Wildman–Crippen MR) is 116 cm³/mol. The van der Waals surface area contributed by atoms with Crippen molar-refractivity contribution in [3.05, 3.63) is 96.3 Å². The number of nitrogens with one attached hydrogen (secondary N) is 1. The van der Waals surface area contributed by atoms with Gasteiger partial charge < -0.3 is 10.1 Å². The van der Waals surface area contributed by atoms with Gasteiger partial charge in [0.25, 0.3) is 0 Å². The number of rotatable bonds is 8. The van der Waals surface area contributed by atoms with Crippen LogP contribution in [0.4, 0.5) is 0 Å². The van der Waals surface area contributed by atoms with Gasteiger partial charge in [-0.05, 0) is 47.5 Å². The van der Waals surface area contributed by atoms with Crippen molar-refractivity contribution >= 4 is 21.8 Å². The number of methoxy groups -OCH3 is 1. The van der Waals surface area contributed by atoms with E-state index in [-0.39, 0.29) is 17.3 Å². The van der Waals surface area contributed by atoms with Crippen LogP contribution in [0.25, 0.3) is 6.08 Å². The molecular formula is C23H22N2O4S. The fourth-order valence-electron chi connectivity index (χ4n) is 2.89. The van der Waals surface area contributed by atoms with Crippen LogP contribution in [0.5, 0.6) is 5.75 Å². The molecule has 0 fully saturated rings. The molecule has 6 nitrogen and oxygen atoms in total. The van der Waals surface area contributed by atoms with E-state index >= 15 is 0 Å². The summed E-state index contributed by atoms with van der Waals surface area (Å²) in [4.78, 5) is 16.5. The van der Waals surface area contributed by atoms with E-state index in [2.05, 4.69) is 10.3 Å². The van der Waals surface area contributed by atoms with E-state index in [0.29, 0.717) is 5.56 Å². The highest BCUT2D eigenvalue weighted by Crippen LogP contribution is 2.27. The Morgan fingerprint density at radius 3 is 2.43 bits per heavy atom. The molecule has 7 heteroatoms. The first-order chi connectivity index (χ1) is 14.5. The lowest BCUT2D eigenvalue weighted by atomic mass is 10.2. The number of amides is 1. The zero-order valence-corrected chi connectivity index (χ0v) is 17.2. The number of nitrogens with zero attached hydrogens (tertiary/aromatic N) is 1. The second-order valence-corrected chi connectivity index (χ2v) is 8.62. The summed E-state index contributed by atoms with van der Waals surface area (Å²) in [6.45, 7) is -0.0747. The normalized spacial score (nSPS) is 12.4. The Labute approximate surface area is 176 Å². The van der Waals surface area contributed by atoms with Crippen molar-refractivity contribution < 1.29 is 17.9 Å². The molecule has 30 heavy (non-hydrogen) atoms. The van der Waals surface area contributed by atoms with Crippen molar-refractivity contribution in [2.45, 2.75) is 10.1 Å². The molecule has 0 aliphatic heterocycles. The summed E-state index contributed by atoms with van der Waals surface area (Å²) in [5.74, 6) is 0.338. The number of benzene rings is 2. The molecule has 1 atom stereocenters. The molecule has 0 spiro atoms. The molecule has 0 bridgehead atoms. The van der Waals surface area contributed by atoms with Gasteiger partial charge in [-0.25, -0.2) is 8.42 Å². The Morgan fingerprint density at radius 1 is 1.07 bits per heavy atom. The molecule has 3 rings (SSSR count). The minimum atomic E-state index is -3.72. The average molecular weight is 423 g/mol. The molecule has 2 aromatic carbocycles. The molecule has 0 aliphatic carbocycles. The van der Waals surface area contributed by atoms with E-state index in [0.717, 1.165) is 11.3 Å². The molecular weight excluding hydrogens is 400 g/mol. The number of pyridine rings is 1. The van der Waals surface area contributed by atoms with Crippen LogP contribution in [0.3, 0.4) is 0 Å².